The summed E-state index contributed by atoms with van der Waals surface area (Å²) in [6.45, 7) is 0.202. The van der Waals surface area contributed by atoms with E-state index in [0.717, 1.165) is 31.3 Å². The van der Waals surface area contributed by atoms with Crippen LogP contribution in [0, 0.1) is 0 Å². The van der Waals surface area contributed by atoms with E-state index in [1.54, 1.807) is 36.2 Å². The molecule has 3 aromatic rings. The predicted octanol–water partition coefficient (Wildman–Crippen LogP) is 5.89. The first-order valence-corrected chi connectivity index (χ1v) is 11.1. The number of nitrogens with one attached hydrogen (secondary N) is 1. The van der Waals surface area contributed by atoms with Gasteiger partial charge in [0.05, 0.1) is 6.21 Å². The minimum atomic E-state index is -0.278. The third kappa shape index (κ3) is 5.16. The Kier molecular flexibility index (Phi) is 6.62. The maximum Gasteiger partial charge on any atom is 0.271 e. The van der Waals surface area contributed by atoms with Gasteiger partial charge in [0.15, 0.2) is 11.5 Å². The van der Waals surface area contributed by atoms with Gasteiger partial charge in [-0.15, -0.1) is 11.8 Å². The summed E-state index contributed by atoms with van der Waals surface area (Å²) in [7, 11) is 0. The maximum absolute atomic E-state index is 12.3. The van der Waals surface area contributed by atoms with Crippen LogP contribution in [0.25, 0.3) is 0 Å². The van der Waals surface area contributed by atoms with E-state index < -0.39 is 0 Å². The number of hydrazone groups is 1. The Morgan fingerprint density at radius 1 is 1.10 bits per heavy atom. The molecule has 152 valence electrons. The first kappa shape index (κ1) is 20.8. The maximum atomic E-state index is 12.3. The molecule has 30 heavy (non-hydrogen) atoms. The van der Waals surface area contributed by atoms with Crippen LogP contribution in [0.15, 0.2) is 75.1 Å². The number of ether oxygens (including phenoxy) is 2. The van der Waals surface area contributed by atoms with Crippen LogP contribution >= 0.6 is 39.3 Å². The highest BCUT2D eigenvalue weighted by Gasteiger charge is 2.15. The molecule has 0 aliphatic carbocycles. The van der Waals surface area contributed by atoms with Crippen molar-refractivity contribution in [1.29, 1.82) is 0 Å². The van der Waals surface area contributed by atoms with Gasteiger partial charge in [0.25, 0.3) is 5.91 Å². The van der Waals surface area contributed by atoms with Crippen molar-refractivity contribution in [3.63, 3.8) is 0 Å². The third-order valence-electron chi connectivity index (χ3n) is 4.30. The molecule has 0 saturated heterocycles. The molecular formula is C22H16BrClN2O3S. The SMILES string of the molecule is O=C(N/N=C/c1cc2c(cc1Br)OCO2)c1ccc(CSc2ccc(Cl)cc2)cc1. The summed E-state index contributed by atoms with van der Waals surface area (Å²) in [5, 5.41) is 4.77. The monoisotopic (exact) mass is 502 g/mol. The molecular weight excluding hydrogens is 488 g/mol. The molecule has 5 nitrogen and oxygen atoms in total. The van der Waals surface area contributed by atoms with Gasteiger partial charge >= 0.3 is 0 Å². The number of rotatable bonds is 6. The zero-order valence-electron chi connectivity index (χ0n) is 15.6. The lowest BCUT2D eigenvalue weighted by molar-refractivity contribution is 0.0955. The zero-order valence-corrected chi connectivity index (χ0v) is 18.8. The molecule has 0 aromatic heterocycles. The van der Waals surface area contributed by atoms with Gasteiger partial charge in [-0.2, -0.15) is 5.10 Å². The average Bonchev–Trinajstić information content (AvgIpc) is 3.21. The van der Waals surface area contributed by atoms with Gasteiger partial charge in [0.2, 0.25) is 6.79 Å². The van der Waals surface area contributed by atoms with E-state index >= 15 is 0 Å². The molecule has 0 bridgehead atoms. The second kappa shape index (κ2) is 9.55. The highest BCUT2D eigenvalue weighted by molar-refractivity contribution is 9.10. The highest BCUT2D eigenvalue weighted by Crippen LogP contribution is 2.36. The predicted molar refractivity (Wildman–Crippen MR) is 123 cm³/mol. The standard InChI is InChI=1S/C22H16BrClN2O3S/c23-19-10-21-20(28-13-29-21)9-16(19)11-25-26-22(27)15-3-1-14(2-4-15)12-30-18-7-5-17(24)6-8-18/h1-11H,12-13H2,(H,26,27)/b25-11+. The molecule has 1 amide bonds. The summed E-state index contributed by atoms with van der Waals surface area (Å²) in [5.41, 5.74) is 4.98. The number of thioether (sulfide) groups is 1. The van der Waals surface area contributed by atoms with Crippen LogP contribution in [-0.2, 0) is 5.75 Å². The molecule has 0 fully saturated rings. The number of amides is 1. The molecule has 0 radical (unpaired) electrons. The van der Waals surface area contributed by atoms with Gasteiger partial charge in [0, 0.05) is 31.3 Å². The summed E-state index contributed by atoms with van der Waals surface area (Å²) in [6.07, 6.45) is 1.56. The third-order valence-corrected chi connectivity index (χ3v) is 6.32. The van der Waals surface area contributed by atoms with Crippen molar-refractivity contribution >= 4 is 51.4 Å². The first-order chi connectivity index (χ1) is 14.6. The van der Waals surface area contributed by atoms with E-state index in [1.807, 2.05) is 42.5 Å². The van der Waals surface area contributed by atoms with Gasteiger partial charge in [-0.05, 0) is 70.0 Å². The van der Waals surface area contributed by atoms with Crippen LogP contribution in [0.1, 0.15) is 21.5 Å². The Bertz CT molecular complexity index is 1090. The molecule has 1 aliphatic heterocycles. The van der Waals surface area contributed by atoms with E-state index in [2.05, 4.69) is 26.5 Å². The summed E-state index contributed by atoms with van der Waals surface area (Å²) in [5.74, 6) is 1.86. The molecule has 0 saturated carbocycles. The van der Waals surface area contributed by atoms with E-state index in [0.29, 0.717) is 17.1 Å². The van der Waals surface area contributed by atoms with Gasteiger partial charge in [-0.1, -0.05) is 23.7 Å². The summed E-state index contributed by atoms with van der Waals surface area (Å²) < 4.78 is 11.5. The van der Waals surface area contributed by atoms with E-state index in [4.69, 9.17) is 21.1 Å². The number of halogens is 2. The molecule has 1 N–H and O–H groups in total. The van der Waals surface area contributed by atoms with Gasteiger partial charge in [-0.25, -0.2) is 5.43 Å². The van der Waals surface area contributed by atoms with Crippen molar-refractivity contribution in [3.8, 4) is 11.5 Å². The number of nitrogens with zero attached hydrogens (tertiary/aromatic N) is 1. The Morgan fingerprint density at radius 2 is 1.80 bits per heavy atom. The molecule has 0 spiro atoms. The number of carbonyl (C=O) groups excluding carboxylic acids is 1. The second-order valence-corrected chi connectivity index (χ2v) is 8.71. The minimum Gasteiger partial charge on any atom is -0.454 e. The summed E-state index contributed by atoms with van der Waals surface area (Å²) in [4.78, 5) is 13.5. The van der Waals surface area contributed by atoms with Crippen molar-refractivity contribution in [2.24, 2.45) is 5.10 Å². The first-order valence-electron chi connectivity index (χ1n) is 8.98. The normalized spacial score (nSPS) is 12.3. The van der Waals surface area contributed by atoms with Crippen molar-refractivity contribution in [3.05, 3.63) is 86.8 Å². The molecule has 3 aromatic carbocycles. The van der Waals surface area contributed by atoms with E-state index in [-0.39, 0.29) is 12.7 Å². The average molecular weight is 504 g/mol. The Balaban J connectivity index is 1.32. The molecule has 1 heterocycles. The number of hydrogen-bond acceptors (Lipinski definition) is 5. The number of carbonyl (C=O) groups is 1. The molecule has 0 unspecified atom stereocenters. The van der Waals surface area contributed by atoms with E-state index in [9.17, 15) is 4.79 Å². The van der Waals surface area contributed by atoms with Crippen LogP contribution in [0.5, 0.6) is 11.5 Å². The van der Waals surface area contributed by atoms with E-state index in [1.165, 1.54) is 0 Å². The van der Waals surface area contributed by atoms with Crippen LogP contribution in [0.2, 0.25) is 5.02 Å². The zero-order chi connectivity index (χ0) is 20.9. The lowest BCUT2D eigenvalue weighted by atomic mass is 10.1. The van der Waals surface area contributed by atoms with Crippen LogP contribution < -0.4 is 14.9 Å². The number of benzene rings is 3. The molecule has 1 aliphatic rings. The minimum absolute atomic E-state index is 0.202. The fourth-order valence-electron chi connectivity index (χ4n) is 2.71. The summed E-state index contributed by atoms with van der Waals surface area (Å²) >= 11 is 11.1. The lowest BCUT2D eigenvalue weighted by Crippen LogP contribution is -2.17. The largest absolute Gasteiger partial charge is 0.454 e. The Hall–Kier alpha value is -2.48. The van der Waals surface area contributed by atoms with Crippen molar-refractivity contribution in [1.82, 2.24) is 5.43 Å². The summed E-state index contributed by atoms with van der Waals surface area (Å²) in [6, 6.07) is 18.8. The fourth-order valence-corrected chi connectivity index (χ4v) is 4.11. The van der Waals surface area contributed by atoms with Crippen LogP contribution in [0.4, 0.5) is 0 Å². The number of hydrogen-bond donors (Lipinski definition) is 1. The topological polar surface area (TPSA) is 59.9 Å². The van der Waals surface area contributed by atoms with Gasteiger partial charge < -0.3 is 9.47 Å². The smallest absolute Gasteiger partial charge is 0.271 e. The van der Waals surface area contributed by atoms with Crippen molar-refractivity contribution in [2.45, 2.75) is 10.6 Å². The molecule has 0 atom stereocenters. The van der Waals surface area contributed by atoms with Crippen LogP contribution in [-0.4, -0.2) is 18.9 Å². The number of fused-ring (bicyclic) bond motifs is 1. The van der Waals surface area contributed by atoms with Gasteiger partial charge in [0.1, 0.15) is 0 Å². The Labute approximate surface area is 191 Å². The second-order valence-electron chi connectivity index (χ2n) is 6.37. The van der Waals surface area contributed by atoms with Crippen molar-refractivity contribution < 1.29 is 14.3 Å². The fraction of sp³-hybridized carbons (Fsp3) is 0.0909. The van der Waals surface area contributed by atoms with Crippen LogP contribution in [0.3, 0.4) is 0 Å². The Morgan fingerprint density at radius 3 is 2.53 bits per heavy atom. The highest BCUT2D eigenvalue weighted by atomic mass is 79.9. The lowest BCUT2D eigenvalue weighted by Gasteiger charge is -2.05. The van der Waals surface area contributed by atoms with Crippen molar-refractivity contribution in [2.75, 3.05) is 6.79 Å². The molecule has 8 heteroatoms. The van der Waals surface area contributed by atoms with Gasteiger partial charge in [-0.3, -0.25) is 4.79 Å². The molecule has 4 rings (SSSR count). The quantitative estimate of drug-likeness (QED) is 0.259.